The summed E-state index contributed by atoms with van der Waals surface area (Å²) < 4.78 is 19.5. The molecular formula is C23H22FN3O2. The number of anilines is 1. The molecule has 2 atom stereocenters. The molecule has 0 radical (unpaired) electrons. The molecule has 1 aliphatic rings. The first-order valence-electron chi connectivity index (χ1n) is 9.53. The molecule has 29 heavy (non-hydrogen) atoms. The van der Waals surface area contributed by atoms with E-state index in [1.54, 1.807) is 18.3 Å². The summed E-state index contributed by atoms with van der Waals surface area (Å²) in [4.78, 5) is 21.4. The minimum atomic E-state index is -0.435. The molecule has 1 aromatic heterocycles. The van der Waals surface area contributed by atoms with Crippen LogP contribution in [0.2, 0.25) is 0 Å². The first-order valence-corrected chi connectivity index (χ1v) is 9.53. The van der Waals surface area contributed by atoms with Gasteiger partial charge in [-0.15, -0.1) is 0 Å². The number of benzene rings is 2. The molecule has 1 aliphatic carbocycles. The van der Waals surface area contributed by atoms with Crippen molar-refractivity contribution in [2.24, 2.45) is 5.92 Å². The molecule has 1 heterocycles. The largest absolute Gasteiger partial charge is 0.489 e. The summed E-state index contributed by atoms with van der Waals surface area (Å²) in [7, 11) is 0. The number of ether oxygens (including phenoxy) is 1. The molecule has 0 spiro atoms. The van der Waals surface area contributed by atoms with Gasteiger partial charge in [0, 0.05) is 11.1 Å². The number of hydrogen-bond donors (Lipinski definition) is 1. The Hall–Kier alpha value is -3.28. The fraction of sp³-hybridized carbons (Fsp3) is 0.261. The number of amides is 1. The number of nitrogens with zero attached hydrogens (tertiary/aromatic N) is 2. The van der Waals surface area contributed by atoms with Crippen LogP contribution in [-0.2, 0) is 10.2 Å². The van der Waals surface area contributed by atoms with Crippen LogP contribution in [-0.4, -0.2) is 22.5 Å². The maximum Gasteiger partial charge on any atom is 0.228 e. The van der Waals surface area contributed by atoms with Crippen molar-refractivity contribution in [1.29, 1.82) is 0 Å². The van der Waals surface area contributed by atoms with Crippen LogP contribution in [0.4, 0.5) is 10.1 Å². The summed E-state index contributed by atoms with van der Waals surface area (Å²) in [6.45, 7) is 4.04. The standard InChI is InChI=1S/C23H22FN3O2/c1-15-21(13-25-16(2)26-15)29-14-23(17-7-4-3-5-8-17)12-20(23)22(28)27-19-10-6-9-18(24)11-19/h3-11,13,20H,12,14H2,1-2H3,(H,27,28)/t20-,23+/m0/s1. The Morgan fingerprint density at radius 3 is 2.72 bits per heavy atom. The second kappa shape index (κ2) is 7.62. The van der Waals surface area contributed by atoms with E-state index < -0.39 is 5.41 Å². The second-order valence-electron chi connectivity index (χ2n) is 7.43. The van der Waals surface area contributed by atoms with Crippen LogP contribution < -0.4 is 10.1 Å². The molecule has 1 saturated carbocycles. The van der Waals surface area contributed by atoms with Gasteiger partial charge in [-0.25, -0.2) is 14.4 Å². The Morgan fingerprint density at radius 2 is 2.00 bits per heavy atom. The normalized spacial score (nSPS) is 20.2. The molecule has 3 aromatic rings. The van der Waals surface area contributed by atoms with Crippen molar-refractivity contribution in [3.05, 3.63) is 83.7 Å². The summed E-state index contributed by atoms with van der Waals surface area (Å²) in [6, 6.07) is 15.8. The van der Waals surface area contributed by atoms with E-state index in [9.17, 15) is 9.18 Å². The van der Waals surface area contributed by atoms with E-state index in [4.69, 9.17) is 4.74 Å². The monoisotopic (exact) mass is 391 g/mol. The van der Waals surface area contributed by atoms with Crippen molar-refractivity contribution in [2.45, 2.75) is 25.7 Å². The van der Waals surface area contributed by atoms with E-state index in [0.717, 1.165) is 11.3 Å². The third kappa shape index (κ3) is 3.97. The number of aryl methyl sites for hydroxylation is 2. The maximum atomic E-state index is 13.4. The predicted octanol–water partition coefficient (Wildman–Crippen LogP) is 4.21. The van der Waals surface area contributed by atoms with E-state index in [1.807, 2.05) is 44.2 Å². The summed E-state index contributed by atoms with van der Waals surface area (Å²) in [6.07, 6.45) is 2.32. The lowest BCUT2D eigenvalue weighted by molar-refractivity contribution is -0.117. The van der Waals surface area contributed by atoms with Gasteiger partial charge in [0.25, 0.3) is 0 Å². The summed E-state index contributed by atoms with van der Waals surface area (Å²) >= 11 is 0. The van der Waals surface area contributed by atoms with Gasteiger partial charge in [-0.05, 0) is 44.0 Å². The average Bonchev–Trinajstić information content (AvgIpc) is 3.44. The topological polar surface area (TPSA) is 64.1 Å². The van der Waals surface area contributed by atoms with Crippen LogP contribution in [0.25, 0.3) is 0 Å². The van der Waals surface area contributed by atoms with E-state index in [-0.39, 0.29) is 17.6 Å². The zero-order valence-corrected chi connectivity index (χ0v) is 16.4. The van der Waals surface area contributed by atoms with Crippen LogP contribution in [0.5, 0.6) is 5.75 Å². The van der Waals surface area contributed by atoms with Crippen LogP contribution in [0.1, 0.15) is 23.5 Å². The zero-order chi connectivity index (χ0) is 20.4. The molecule has 6 heteroatoms. The van der Waals surface area contributed by atoms with Crippen LogP contribution in [0.15, 0.2) is 60.8 Å². The molecule has 0 bridgehead atoms. The third-order valence-corrected chi connectivity index (χ3v) is 5.37. The highest BCUT2D eigenvalue weighted by Gasteiger charge is 2.60. The van der Waals surface area contributed by atoms with Crippen LogP contribution >= 0.6 is 0 Å². The van der Waals surface area contributed by atoms with Crippen LogP contribution in [0, 0.1) is 25.6 Å². The lowest BCUT2D eigenvalue weighted by Crippen LogP contribution is -2.26. The number of hydrogen-bond acceptors (Lipinski definition) is 4. The van der Waals surface area contributed by atoms with Gasteiger partial charge in [0.05, 0.1) is 24.4 Å². The third-order valence-electron chi connectivity index (χ3n) is 5.37. The van der Waals surface area contributed by atoms with E-state index in [0.29, 0.717) is 30.3 Å². The number of nitrogens with one attached hydrogen (secondary N) is 1. The number of halogens is 1. The molecule has 0 aliphatic heterocycles. The first-order chi connectivity index (χ1) is 14.0. The van der Waals surface area contributed by atoms with Gasteiger partial charge >= 0.3 is 0 Å². The fourth-order valence-electron chi connectivity index (χ4n) is 3.70. The Bertz CT molecular complexity index is 1040. The maximum absolute atomic E-state index is 13.4. The Kier molecular flexibility index (Phi) is 5.01. The molecule has 1 N–H and O–H groups in total. The molecule has 0 saturated heterocycles. The molecule has 4 rings (SSSR count). The predicted molar refractivity (Wildman–Crippen MR) is 108 cm³/mol. The summed E-state index contributed by atoms with van der Waals surface area (Å²) in [5.41, 5.74) is 1.83. The number of rotatable bonds is 6. The summed E-state index contributed by atoms with van der Waals surface area (Å²) in [5, 5.41) is 2.83. The zero-order valence-electron chi connectivity index (χ0n) is 16.4. The average molecular weight is 391 g/mol. The molecule has 148 valence electrons. The highest BCUT2D eigenvalue weighted by molar-refractivity contribution is 5.96. The van der Waals surface area contributed by atoms with E-state index in [1.165, 1.54) is 12.1 Å². The minimum Gasteiger partial charge on any atom is -0.489 e. The Balaban J connectivity index is 1.54. The number of carbonyl (C=O) groups is 1. The van der Waals surface area contributed by atoms with Gasteiger partial charge in [0.1, 0.15) is 11.6 Å². The smallest absolute Gasteiger partial charge is 0.228 e. The van der Waals surface area contributed by atoms with Gasteiger partial charge in [0.15, 0.2) is 5.75 Å². The number of aromatic nitrogens is 2. The molecule has 1 fully saturated rings. The van der Waals surface area contributed by atoms with Gasteiger partial charge in [-0.1, -0.05) is 36.4 Å². The SMILES string of the molecule is Cc1ncc(OC[C@@]2(c3ccccc3)C[C@H]2C(=O)Nc2cccc(F)c2)c(C)n1. The van der Waals surface area contributed by atoms with Crippen molar-refractivity contribution >= 4 is 11.6 Å². The van der Waals surface area contributed by atoms with Gasteiger partial charge in [-0.3, -0.25) is 4.79 Å². The lowest BCUT2D eigenvalue weighted by Gasteiger charge is -2.19. The molecule has 5 nitrogen and oxygen atoms in total. The molecular weight excluding hydrogens is 369 g/mol. The second-order valence-corrected chi connectivity index (χ2v) is 7.43. The van der Waals surface area contributed by atoms with E-state index >= 15 is 0 Å². The fourth-order valence-corrected chi connectivity index (χ4v) is 3.70. The Morgan fingerprint density at radius 1 is 1.21 bits per heavy atom. The molecule has 0 unspecified atom stereocenters. The van der Waals surface area contributed by atoms with Gasteiger partial charge in [0.2, 0.25) is 5.91 Å². The highest BCUT2D eigenvalue weighted by atomic mass is 19.1. The van der Waals surface area contributed by atoms with Crippen molar-refractivity contribution in [3.63, 3.8) is 0 Å². The van der Waals surface area contributed by atoms with Crippen LogP contribution in [0.3, 0.4) is 0 Å². The van der Waals surface area contributed by atoms with Crippen molar-refractivity contribution in [2.75, 3.05) is 11.9 Å². The number of carbonyl (C=O) groups excluding carboxylic acids is 1. The summed E-state index contributed by atoms with van der Waals surface area (Å²) in [5.74, 6) is 0.513. The molecule has 2 aromatic carbocycles. The van der Waals surface area contributed by atoms with Gasteiger partial charge < -0.3 is 10.1 Å². The lowest BCUT2D eigenvalue weighted by atomic mass is 9.93. The van der Waals surface area contributed by atoms with Gasteiger partial charge in [-0.2, -0.15) is 0 Å². The van der Waals surface area contributed by atoms with Crippen molar-refractivity contribution in [3.8, 4) is 5.75 Å². The quantitative estimate of drug-likeness (QED) is 0.684. The van der Waals surface area contributed by atoms with E-state index in [2.05, 4.69) is 15.3 Å². The van der Waals surface area contributed by atoms with Crippen molar-refractivity contribution in [1.82, 2.24) is 9.97 Å². The molecule has 1 amide bonds. The Labute approximate surface area is 169 Å². The first kappa shape index (κ1) is 19.1. The minimum absolute atomic E-state index is 0.139. The highest BCUT2D eigenvalue weighted by Crippen LogP contribution is 2.55. The van der Waals surface area contributed by atoms with Crippen molar-refractivity contribution < 1.29 is 13.9 Å².